The van der Waals surface area contributed by atoms with Crippen molar-refractivity contribution in [3.8, 4) is 11.4 Å². The van der Waals surface area contributed by atoms with Gasteiger partial charge in [-0.2, -0.15) is 4.80 Å². The highest BCUT2D eigenvalue weighted by atomic mass is 79.9. The van der Waals surface area contributed by atoms with Crippen molar-refractivity contribution in [2.75, 3.05) is 13.1 Å². The molecule has 1 fully saturated rings. The molecule has 1 aliphatic rings. The average Bonchev–Trinajstić information content (AvgIpc) is 3.10. The molecule has 0 bridgehead atoms. The van der Waals surface area contributed by atoms with E-state index in [-0.39, 0.29) is 12.4 Å². The number of nitrogens with one attached hydrogen (secondary N) is 1. The van der Waals surface area contributed by atoms with Gasteiger partial charge >= 0.3 is 6.03 Å². The summed E-state index contributed by atoms with van der Waals surface area (Å²) in [6, 6.07) is 3.66. The summed E-state index contributed by atoms with van der Waals surface area (Å²) in [5, 5.41) is 14.1. The number of hydrogen-bond acceptors (Lipinski definition) is 5. The van der Waals surface area contributed by atoms with E-state index in [9.17, 15) is 14.0 Å². The van der Waals surface area contributed by atoms with Crippen molar-refractivity contribution in [3.63, 3.8) is 0 Å². The highest BCUT2D eigenvalue weighted by Crippen LogP contribution is 2.25. The topological polar surface area (TPSA) is 93.0 Å². The molecular formula is C12H10BrFN6O2. The molecule has 22 heavy (non-hydrogen) atoms. The lowest BCUT2D eigenvalue weighted by Crippen LogP contribution is -2.37. The molecule has 1 aliphatic heterocycles. The number of hydrogen-bond donors (Lipinski definition) is 1. The maximum atomic E-state index is 13.3. The number of halogens is 2. The van der Waals surface area contributed by atoms with Crippen molar-refractivity contribution in [1.82, 2.24) is 30.4 Å². The van der Waals surface area contributed by atoms with Gasteiger partial charge in [0.25, 0.3) is 5.91 Å². The van der Waals surface area contributed by atoms with Gasteiger partial charge in [0.1, 0.15) is 12.4 Å². The monoisotopic (exact) mass is 368 g/mol. The van der Waals surface area contributed by atoms with Crippen molar-refractivity contribution in [2.45, 2.75) is 6.54 Å². The summed E-state index contributed by atoms with van der Waals surface area (Å²) in [7, 11) is 0. The van der Waals surface area contributed by atoms with Gasteiger partial charge < -0.3 is 5.32 Å². The third-order valence-electron chi connectivity index (χ3n) is 3.06. The lowest BCUT2D eigenvalue weighted by atomic mass is 10.2. The molecule has 1 aromatic heterocycles. The second-order valence-corrected chi connectivity index (χ2v) is 5.40. The zero-order chi connectivity index (χ0) is 15.7. The lowest BCUT2D eigenvalue weighted by molar-refractivity contribution is -0.128. The molecule has 0 spiro atoms. The Labute approximate surface area is 132 Å². The van der Waals surface area contributed by atoms with Crippen LogP contribution in [0.25, 0.3) is 11.4 Å². The van der Waals surface area contributed by atoms with Gasteiger partial charge in [-0.05, 0) is 23.4 Å². The third kappa shape index (κ3) is 2.82. The number of nitrogens with zero attached hydrogens (tertiary/aromatic N) is 5. The maximum absolute atomic E-state index is 13.3. The first-order valence-electron chi connectivity index (χ1n) is 6.36. The molecule has 0 unspecified atom stereocenters. The summed E-state index contributed by atoms with van der Waals surface area (Å²) in [4.78, 5) is 25.5. The highest BCUT2D eigenvalue weighted by Gasteiger charge is 2.26. The number of benzene rings is 1. The minimum absolute atomic E-state index is 0.185. The number of amides is 3. The molecule has 0 radical (unpaired) electrons. The zero-order valence-electron chi connectivity index (χ0n) is 11.2. The molecule has 0 aliphatic carbocycles. The number of rotatable bonds is 3. The smallest absolute Gasteiger partial charge is 0.324 e. The summed E-state index contributed by atoms with van der Waals surface area (Å²) in [6.07, 6.45) is 0. The second kappa shape index (κ2) is 5.79. The summed E-state index contributed by atoms with van der Waals surface area (Å²) in [6.45, 7) is 0.527. The summed E-state index contributed by atoms with van der Waals surface area (Å²) in [5.41, 5.74) is 0.428. The Bertz CT molecular complexity index is 749. The van der Waals surface area contributed by atoms with E-state index in [1.165, 1.54) is 18.2 Å². The molecule has 0 atom stereocenters. The van der Waals surface area contributed by atoms with E-state index in [0.717, 1.165) is 9.70 Å². The molecular weight excluding hydrogens is 359 g/mol. The zero-order valence-corrected chi connectivity index (χ0v) is 12.7. The Kier molecular flexibility index (Phi) is 3.84. The van der Waals surface area contributed by atoms with Crippen LogP contribution in [0.1, 0.15) is 0 Å². The van der Waals surface area contributed by atoms with E-state index in [0.29, 0.717) is 23.1 Å². The predicted octanol–water partition coefficient (Wildman–Crippen LogP) is 0.793. The Morgan fingerprint density at radius 1 is 1.45 bits per heavy atom. The minimum Gasteiger partial charge on any atom is -0.336 e. The number of imide groups is 1. The number of urea groups is 1. The average molecular weight is 369 g/mol. The van der Waals surface area contributed by atoms with Crippen LogP contribution in [0.15, 0.2) is 22.7 Å². The van der Waals surface area contributed by atoms with Gasteiger partial charge in [-0.1, -0.05) is 15.9 Å². The molecule has 2 heterocycles. The quantitative estimate of drug-likeness (QED) is 0.864. The van der Waals surface area contributed by atoms with Crippen LogP contribution >= 0.6 is 15.9 Å². The van der Waals surface area contributed by atoms with Crippen LogP contribution in [0, 0.1) is 5.82 Å². The normalized spacial score (nSPS) is 14.3. The van der Waals surface area contributed by atoms with Crippen molar-refractivity contribution < 1.29 is 14.0 Å². The fourth-order valence-electron chi connectivity index (χ4n) is 2.00. The fraction of sp³-hybridized carbons (Fsp3) is 0.250. The minimum atomic E-state index is -0.433. The van der Waals surface area contributed by atoms with Crippen molar-refractivity contribution >= 4 is 27.9 Å². The van der Waals surface area contributed by atoms with Crippen LogP contribution in [0.4, 0.5) is 9.18 Å². The molecule has 1 saturated heterocycles. The molecule has 8 nitrogen and oxygen atoms in total. The van der Waals surface area contributed by atoms with Gasteiger partial charge in [-0.3, -0.25) is 9.69 Å². The molecule has 3 rings (SSSR count). The second-order valence-electron chi connectivity index (χ2n) is 4.54. The van der Waals surface area contributed by atoms with Crippen LogP contribution in [-0.4, -0.2) is 50.1 Å². The van der Waals surface area contributed by atoms with Crippen LogP contribution in [0.2, 0.25) is 0 Å². The van der Waals surface area contributed by atoms with Crippen molar-refractivity contribution in [1.29, 1.82) is 0 Å². The van der Waals surface area contributed by atoms with Crippen molar-refractivity contribution in [3.05, 3.63) is 28.5 Å². The van der Waals surface area contributed by atoms with Crippen LogP contribution < -0.4 is 5.32 Å². The summed E-state index contributed by atoms with van der Waals surface area (Å²) < 4.78 is 13.9. The van der Waals surface area contributed by atoms with Crippen LogP contribution in [-0.2, 0) is 11.3 Å². The fourth-order valence-corrected chi connectivity index (χ4v) is 2.43. The van der Waals surface area contributed by atoms with Gasteiger partial charge in [0, 0.05) is 23.1 Å². The van der Waals surface area contributed by atoms with E-state index in [4.69, 9.17) is 0 Å². The standard InChI is InChI=1S/C12H10BrFN6O2/c13-9-2-1-7(14)5-8(9)11-16-18-20(17-11)6-10(21)19-4-3-15-12(19)22/h1-2,5H,3-4,6H2,(H,15,22). The van der Waals surface area contributed by atoms with Gasteiger partial charge in [-0.25, -0.2) is 9.18 Å². The van der Waals surface area contributed by atoms with E-state index in [1.807, 2.05) is 0 Å². The molecule has 1 N–H and O–H groups in total. The van der Waals surface area contributed by atoms with E-state index in [2.05, 4.69) is 36.7 Å². The molecule has 2 aromatic rings. The highest BCUT2D eigenvalue weighted by molar-refractivity contribution is 9.10. The SMILES string of the molecule is O=C(Cn1nnc(-c2cc(F)ccc2Br)n1)N1CCNC1=O. The van der Waals surface area contributed by atoms with Crippen molar-refractivity contribution in [2.24, 2.45) is 0 Å². The van der Waals surface area contributed by atoms with Crippen LogP contribution in [0.3, 0.4) is 0 Å². The van der Waals surface area contributed by atoms with Gasteiger partial charge in [-0.15, -0.1) is 10.2 Å². The molecule has 0 saturated carbocycles. The molecule has 3 amide bonds. The summed E-state index contributed by atoms with van der Waals surface area (Å²) >= 11 is 3.28. The third-order valence-corrected chi connectivity index (χ3v) is 3.75. The predicted molar refractivity (Wildman–Crippen MR) is 76.0 cm³/mol. The Balaban J connectivity index is 1.78. The van der Waals surface area contributed by atoms with Crippen LogP contribution in [0.5, 0.6) is 0 Å². The Hall–Kier alpha value is -2.36. The van der Waals surface area contributed by atoms with Gasteiger partial charge in [0.05, 0.1) is 0 Å². The molecule has 114 valence electrons. The molecule has 10 heteroatoms. The van der Waals surface area contributed by atoms with Gasteiger partial charge in [0.2, 0.25) is 5.82 Å². The Morgan fingerprint density at radius 3 is 3.00 bits per heavy atom. The maximum Gasteiger partial charge on any atom is 0.324 e. The molecule has 1 aromatic carbocycles. The first-order valence-corrected chi connectivity index (χ1v) is 7.15. The number of tetrazole rings is 1. The lowest BCUT2D eigenvalue weighted by Gasteiger charge is -2.10. The largest absolute Gasteiger partial charge is 0.336 e. The Morgan fingerprint density at radius 2 is 2.27 bits per heavy atom. The van der Waals surface area contributed by atoms with E-state index < -0.39 is 17.8 Å². The first-order chi connectivity index (χ1) is 10.5. The van der Waals surface area contributed by atoms with Gasteiger partial charge in [0.15, 0.2) is 0 Å². The number of carbonyl (C=O) groups is 2. The van der Waals surface area contributed by atoms with E-state index in [1.54, 1.807) is 0 Å². The summed E-state index contributed by atoms with van der Waals surface area (Å²) in [5.74, 6) is -0.679. The number of carbonyl (C=O) groups excluding carboxylic acids is 2. The van der Waals surface area contributed by atoms with E-state index >= 15 is 0 Å². The number of aromatic nitrogens is 4. The first kappa shape index (κ1) is 14.6.